The number of hydrogen-bond donors (Lipinski definition) is 2. The molecular weight excluding hydrogens is 677 g/mol. The van der Waals surface area contributed by atoms with E-state index in [1.807, 2.05) is 0 Å². The number of nitrogens with two attached hydrogens (primary N) is 1. The summed E-state index contributed by atoms with van der Waals surface area (Å²) in [5.74, 6) is -0.836. The van der Waals surface area contributed by atoms with Gasteiger partial charge in [0.2, 0.25) is 0 Å². The second-order valence-electron chi connectivity index (χ2n) is 14.2. The van der Waals surface area contributed by atoms with Gasteiger partial charge in [0.1, 0.15) is 6.61 Å². The Morgan fingerprint density at radius 2 is 0.942 bits per heavy atom. The molecule has 52 heavy (non-hydrogen) atoms. The van der Waals surface area contributed by atoms with Crippen molar-refractivity contribution in [2.75, 3.05) is 26.4 Å². The standard InChI is InChI=1S/C42H80NO8P/c1-3-5-7-9-11-13-15-17-19-20-21-23-25-27-29-31-33-35-42(45)51-40(39-50-52(46,47)49-37-36-43)38-48-41(44)34-32-30-28-26-24-22-18-16-14-12-10-8-6-4-2/h13,15-16,18,40H,3-12,14,17,19-39,43H2,1-2H3,(H,46,47)/b15-13+,18-16+/t40-/m1/s1. The fourth-order valence-corrected chi connectivity index (χ4v) is 6.62. The van der Waals surface area contributed by atoms with Crippen LogP contribution in [0.5, 0.6) is 0 Å². The van der Waals surface area contributed by atoms with Crippen LogP contribution in [0.3, 0.4) is 0 Å². The minimum atomic E-state index is -4.37. The third kappa shape index (κ3) is 38.2. The first-order chi connectivity index (χ1) is 25.3. The Balaban J connectivity index is 4.16. The molecule has 0 saturated carbocycles. The summed E-state index contributed by atoms with van der Waals surface area (Å²) in [6, 6.07) is 0. The molecule has 0 amide bonds. The Labute approximate surface area is 319 Å². The number of ether oxygens (including phenoxy) is 2. The molecule has 9 nitrogen and oxygen atoms in total. The maximum atomic E-state index is 12.6. The van der Waals surface area contributed by atoms with Gasteiger partial charge in [-0.1, -0.05) is 147 Å². The molecule has 0 aliphatic carbocycles. The van der Waals surface area contributed by atoms with Crippen LogP contribution in [0.25, 0.3) is 0 Å². The number of allylic oxidation sites excluding steroid dienone is 4. The average Bonchev–Trinajstić information content (AvgIpc) is 3.13. The largest absolute Gasteiger partial charge is 0.472 e. The van der Waals surface area contributed by atoms with Crippen molar-refractivity contribution in [3.05, 3.63) is 24.3 Å². The van der Waals surface area contributed by atoms with Crippen LogP contribution in [0, 0.1) is 0 Å². The summed E-state index contributed by atoms with van der Waals surface area (Å²) in [4.78, 5) is 34.8. The monoisotopic (exact) mass is 758 g/mol. The zero-order valence-corrected chi connectivity index (χ0v) is 34.4. The number of unbranched alkanes of at least 4 members (excludes halogenated alkanes) is 23. The van der Waals surface area contributed by atoms with Crippen molar-refractivity contribution < 1.29 is 37.6 Å². The van der Waals surface area contributed by atoms with E-state index >= 15 is 0 Å². The number of phosphoric ester groups is 1. The molecule has 0 fully saturated rings. The molecule has 10 heteroatoms. The van der Waals surface area contributed by atoms with E-state index in [2.05, 4.69) is 38.2 Å². The molecule has 0 heterocycles. The van der Waals surface area contributed by atoms with Gasteiger partial charge in [-0.05, 0) is 64.2 Å². The summed E-state index contributed by atoms with van der Waals surface area (Å²) in [7, 11) is -4.37. The van der Waals surface area contributed by atoms with Crippen LogP contribution in [0.2, 0.25) is 0 Å². The smallest absolute Gasteiger partial charge is 0.462 e. The fourth-order valence-electron chi connectivity index (χ4n) is 5.86. The van der Waals surface area contributed by atoms with Gasteiger partial charge in [0.05, 0.1) is 13.2 Å². The minimum Gasteiger partial charge on any atom is -0.462 e. The summed E-state index contributed by atoms with van der Waals surface area (Å²) < 4.78 is 32.7. The van der Waals surface area contributed by atoms with Crippen molar-refractivity contribution in [2.45, 2.75) is 206 Å². The molecular formula is C42H80NO8P. The van der Waals surface area contributed by atoms with E-state index in [0.29, 0.717) is 6.42 Å². The number of carbonyl (C=O) groups excluding carboxylic acids is 2. The molecule has 306 valence electrons. The molecule has 2 atom stereocenters. The van der Waals surface area contributed by atoms with Gasteiger partial charge in [-0.2, -0.15) is 0 Å². The first-order valence-electron chi connectivity index (χ1n) is 21.3. The van der Waals surface area contributed by atoms with E-state index in [-0.39, 0.29) is 38.6 Å². The number of carbonyl (C=O) groups is 2. The highest BCUT2D eigenvalue weighted by Crippen LogP contribution is 2.43. The highest BCUT2D eigenvalue weighted by Gasteiger charge is 2.26. The Hall–Kier alpha value is -1.51. The van der Waals surface area contributed by atoms with E-state index in [0.717, 1.165) is 57.8 Å². The molecule has 0 aromatic rings. The van der Waals surface area contributed by atoms with Crippen molar-refractivity contribution in [2.24, 2.45) is 5.73 Å². The lowest BCUT2D eigenvalue weighted by molar-refractivity contribution is -0.161. The molecule has 0 aliphatic heterocycles. The third-order valence-corrected chi connectivity index (χ3v) is 10.0. The predicted molar refractivity (Wildman–Crippen MR) is 215 cm³/mol. The molecule has 0 aromatic heterocycles. The van der Waals surface area contributed by atoms with E-state index in [4.69, 9.17) is 24.3 Å². The number of hydrogen-bond acceptors (Lipinski definition) is 8. The molecule has 1 unspecified atom stereocenters. The first kappa shape index (κ1) is 50.5. The van der Waals surface area contributed by atoms with Crippen molar-refractivity contribution in [1.29, 1.82) is 0 Å². The molecule has 0 saturated heterocycles. The van der Waals surface area contributed by atoms with Gasteiger partial charge in [-0.25, -0.2) is 4.57 Å². The number of esters is 2. The van der Waals surface area contributed by atoms with Crippen molar-refractivity contribution in [3.8, 4) is 0 Å². The van der Waals surface area contributed by atoms with Crippen molar-refractivity contribution in [1.82, 2.24) is 0 Å². The average molecular weight is 758 g/mol. The van der Waals surface area contributed by atoms with Crippen LogP contribution >= 0.6 is 7.82 Å². The molecule has 0 aliphatic rings. The highest BCUT2D eigenvalue weighted by molar-refractivity contribution is 7.47. The Bertz CT molecular complexity index is 912. The van der Waals surface area contributed by atoms with E-state index in [1.165, 1.54) is 109 Å². The quantitative estimate of drug-likeness (QED) is 0.0271. The van der Waals surface area contributed by atoms with Crippen LogP contribution in [-0.2, 0) is 32.7 Å². The van der Waals surface area contributed by atoms with Crippen LogP contribution in [0.1, 0.15) is 200 Å². The van der Waals surface area contributed by atoms with Crippen LogP contribution in [-0.4, -0.2) is 49.3 Å². The van der Waals surface area contributed by atoms with Crippen LogP contribution in [0.15, 0.2) is 24.3 Å². The van der Waals surface area contributed by atoms with Gasteiger partial charge in [-0.15, -0.1) is 0 Å². The van der Waals surface area contributed by atoms with Gasteiger partial charge < -0.3 is 20.1 Å². The molecule has 0 bridgehead atoms. The van der Waals surface area contributed by atoms with Crippen molar-refractivity contribution in [3.63, 3.8) is 0 Å². The first-order valence-corrected chi connectivity index (χ1v) is 22.8. The van der Waals surface area contributed by atoms with Gasteiger partial charge in [-0.3, -0.25) is 18.6 Å². The molecule has 3 N–H and O–H groups in total. The van der Waals surface area contributed by atoms with Crippen LogP contribution in [0.4, 0.5) is 0 Å². The summed E-state index contributed by atoms with van der Waals surface area (Å²) in [6.07, 6.45) is 40.6. The van der Waals surface area contributed by atoms with E-state index in [1.54, 1.807) is 0 Å². The summed E-state index contributed by atoms with van der Waals surface area (Å²) in [5, 5.41) is 0. The second kappa shape index (κ2) is 39.2. The molecule has 0 spiro atoms. The predicted octanol–water partition coefficient (Wildman–Crippen LogP) is 12.0. The minimum absolute atomic E-state index is 0.0530. The Morgan fingerprint density at radius 3 is 1.38 bits per heavy atom. The topological polar surface area (TPSA) is 134 Å². The van der Waals surface area contributed by atoms with Gasteiger partial charge >= 0.3 is 19.8 Å². The highest BCUT2D eigenvalue weighted by atomic mass is 31.2. The SMILES string of the molecule is CCCCCC/C=C/CCCCCCCCCCCC(=O)O[C@H](COC(=O)CCCCCCC/C=C/CCCCCCC)COP(=O)(O)OCCN. The number of phosphoric acid groups is 1. The lowest BCUT2D eigenvalue weighted by Crippen LogP contribution is -2.29. The fraction of sp³-hybridized carbons (Fsp3) is 0.857. The van der Waals surface area contributed by atoms with E-state index in [9.17, 15) is 19.0 Å². The maximum Gasteiger partial charge on any atom is 0.472 e. The van der Waals surface area contributed by atoms with Gasteiger partial charge in [0.15, 0.2) is 6.10 Å². The Morgan fingerprint density at radius 1 is 0.558 bits per heavy atom. The molecule has 0 radical (unpaired) electrons. The van der Waals surface area contributed by atoms with Crippen LogP contribution < -0.4 is 5.73 Å². The summed E-state index contributed by atoms with van der Waals surface area (Å²) >= 11 is 0. The van der Waals surface area contributed by atoms with Gasteiger partial charge in [0, 0.05) is 19.4 Å². The zero-order valence-electron chi connectivity index (χ0n) is 33.6. The summed E-state index contributed by atoms with van der Waals surface area (Å²) in [5.41, 5.74) is 5.34. The maximum absolute atomic E-state index is 12.6. The lowest BCUT2D eigenvalue weighted by atomic mass is 10.1. The number of rotatable bonds is 40. The van der Waals surface area contributed by atoms with Gasteiger partial charge in [0.25, 0.3) is 0 Å². The molecule has 0 aromatic carbocycles. The lowest BCUT2D eigenvalue weighted by Gasteiger charge is -2.19. The summed E-state index contributed by atoms with van der Waals surface area (Å²) in [6.45, 7) is 3.71. The van der Waals surface area contributed by atoms with E-state index < -0.39 is 26.5 Å². The normalized spacial score (nSPS) is 13.5. The zero-order chi connectivity index (χ0) is 38.2. The molecule has 0 rings (SSSR count). The van der Waals surface area contributed by atoms with Crippen molar-refractivity contribution >= 4 is 19.8 Å². The third-order valence-electron chi connectivity index (χ3n) is 9.06. The second-order valence-corrected chi connectivity index (χ2v) is 15.7. The Kier molecular flexibility index (Phi) is 38.1.